The van der Waals surface area contributed by atoms with Gasteiger partial charge in [-0.3, -0.25) is 10.1 Å². The SMILES string of the molecule is CCc1ccc2ccccc2c1[C@H]1C=C[C@H]([C@H](Cc2cc[n-]c2)[C@H](O)CC(=O)[C@@]2(c3cc(O)cc(CNC)c3)CC[C@H]3SSC[C@@](C)(O)CNCOc4c(O)ccc(c43)C2)c2ccc(O)c(OC)c21. The molecule has 13 heteroatoms. The summed E-state index contributed by atoms with van der Waals surface area (Å²) in [6.45, 7) is 4.76. The predicted octanol–water partition coefficient (Wildman–Crippen LogP) is 9.26. The molecule has 0 bridgehead atoms. The summed E-state index contributed by atoms with van der Waals surface area (Å²) in [7, 11) is 6.56. The van der Waals surface area contributed by atoms with E-state index in [0.717, 1.165) is 56.1 Å². The Kier molecular flexibility index (Phi) is 14.4. The summed E-state index contributed by atoms with van der Waals surface area (Å²) >= 11 is 0. The number of phenols is 3. The number of phenolic OH excluding ortho intramolecular Hbond substituents is 3. The average molecular weight is 969 g/mol. The summed E-state index contributed by atoms with van der Waals surface area (Å²) in [5.41, 5.74) is 5.83. The van der Waals surface area contributed by atoms with Gasteiger partial charge in [-0.05, 0) is 120 Å². The molecular weight excluding hydrogens is 907 g/mol. The van der Waals surface area contributed by atoms with E-state index in [1.165, 1.54) is 5.56 Å². The molecule has 2 heterocycles. The summed E-state index contributed by atoms with van der Waals surface area (Å²) in [5, 5.41) is 66.6. The van der Waals surface area contributed by atoms with Crippen molar-refractivity contribution in [1.29, 1.82) is 0 Å². The summed E-state index contributed by atoms with van der Waals surface area (Å²) in [6, 6.07) is 27.1. The number of aryl methyl sites for hydroxylation is 1. The summed E-state index contributed by atoms with van der Waals surface area (Å²) in [4.78, 5) is 20.3. The largest absolute Gasteiger partial charge is 0.670 e. The second kappa shape index (κ2) is 20.5. The molecule has 0 amide bonds. The molecule has 0 saturated heterocycles. The molecule has 0 spiro atoms. The zero-order valence-electron chi connectivity index (χ0n) is 39.6. The number of aliphatic hydroxyl groups is 2. The number of aromatic nitrogens is 1. The van der Waals surface area contributed by atoms with Gasteiger partial charge in [0.25, 0.3) is 0 Å². The maximum atomic E-state index is 15.9. The first-order valence-electron chi connectivity index (χ1n) is 23.9. The minimum Gasteiger partial charge on any atom is -0.670 e. The number of aliphatic hydroxyl groups excluding tert-OH is 1. The Balaban J connectivity index is 1.15. The van der Waals surface area contributed by atoms with Crippen molar-refractivity contribution in [3.05, 3.63) is 160 Å². The van der Waals surface area contributed by atoms with E-state index in [2.05, 4.69) is 59.0 Å². The van der Waals surface area contributed by atoms with Crippen LogP contribution in [0, 0.1) is 5.92 Å². The van der Waals surface area contributed by atoms with Gasteiger partial charge in [-0.2, -0.15) is 12.4 Å². The number of hydrogen-bond donors (Lipinski definition) is 7. The average Bonchev–Trinajstić information content (AvgIpc) is 3.79. The molecule has 0 fully saturated rings. The van der Waals surface area contributed by atoms with Gasteiger partial charge in [0.05, 0.1) is 24.2 Å². The molecule has 3 aliphatic rings. The second-order valence-electron chi connectivity index (χ2n) is 19.2. The fourth-order valence-corrected chi connectivity index (χ4v) is 14.4. The van der Waals surface area contributed by atoms with E-state index in [0.29, 0.717) is 55.2 Å². The van der Waals surface area contributed by atoms with Gasteiger partial charge in [0.15, 0.2) is 23.0 Å². The van der Waals surface area contributed by atoms with Crippen molar-refractivity contribution in [2.24, 2.45) is 5.92 Å². The summed E-state index contributed by atoms with van der Waals surface area (Å²) in [6.07, 6.45) is 8.84. The summed E-state index contributed by atoms with van der Waals surface area (Å²) in [5.74, 6) is -0.162. The van der Waals surface area contributed by atoms with Crippen LogP contribution in [0.5, 0.6) is 28.7 Å². The van der Waals surface area contributed by atoms with E-state index in [-0.39, 0.29) is 53.8 Å². The Labute approximate surface area is 412 Å². The van der Waals surface area contributed by atoms with Gasteiger partial charge in [-0.1, -0.05) is 107 Å². The van der Waals surface area contributed by atoms with E-state index in [1.807, 2.05) is 43.4 Å². The minimum atomic E-state index is -1.22. The highest BCUT2D eigenvalue weighted by Gasteiger charge is 2.47. The third-order valence-electron chi connectivity index (χ3n) is 14.5. The highest BCUT2D eigenvalue weighted by atomic mass is 33.1. The number of methoxy groups -OCH3 is 1. The highest BCUT2D eigenvalue weighted by Crippen LogP contribution is 2.56. The van der Waals surface area contributed by atoms with Crippen LogP contribution in [-0.4, -0.2) is 76.2 Å². The van der Waals surface area contributed by atoms with Crippen LogP contribution in [0.4, 0.5) is 0 Å². The molecule has 1 aliphatic heterocycles. The molecule has 7 N–H and O–H groups in total. The molecule has 0 unspecified atom stereocenters. The van der Waals surface area contributed by atoms with Crippen LogP contribution in [0.3, 0.4) is 0 Å². The number of hydrogen-bond acceptors (Lipinski definition) is 12. The number of ketones is 1. The van der Waals surface area contributed by atoms with E-state index in [1.54, 1.807) is 72.3 Å². The molecule has 362 valence electrons. The van der Waals surface area contributed by atoms with Crippen molar-refractivity contribution >= 4 is 38.1 Å². The number of carbonyl (C=O) groups excluding carboxylic acids is 1. The number of β-amino-alcohol motifs (C(OH)–C–C–N with tert-alkyl or cyclic N) is 1. The van der Waals surface area contributed by atoms with Gasteiger partial charge >= 0.3 is 0 Å². The number of fused-ring (bicyclic) bond motifs is 2. The maximum Gasteiger partial charge on any atom is 0.167 e. The zero-order valence-corrected chi connectivity index (χ0v) is 41.2. The molecule has 7 atom stereocenters. The van der Waals surface area contributed by atoms with Crippen LogP contribution in [0.2, 0.25) is 0 Å². The van der Waals surface area contributed by atoms with E-state index in [4.69, 9.17) is 9.47 Å². The topological polar surface area (TPSA) is 175 Å². The smallest absolute Gasteiger partial charge is 0.167 e. The van der Waals surface area contributed by atoms with Gasteiger partial charge in [0.1, 0.15) is 18.3 Å². The van der Waals surface area contributed by atoms with Gasteiger partial charge < -0.3 is 45.3 Å². The van der Waals surface area contributed by atoms with Crippen LogP contribution >= 0.6 is 21.6 Å². The number of allylic oxidation sites excluding steroid dienone is 2. The number of Topliss-reactive ketones (excluding diaryl/α,β-unsaturated/α-hetero) is 1. The summed E-state index contributed by atoms with van der Waals surface area (Å²) < 4.78 is 12.3. The lowest BCUT2D eigenvalue weighted by Gasteiger charge is -2.38. The highest BCUT2D eigenvalue weighted by molar-refractivity contribution is 8.76. The van der Waals surface area contributed by atoms with Crippen LogP contribution in [0.25, 0.3) is 10.8 Å². The first kappa shape index (κ1) is 48.6. The van der Waals surface area contributed by atoms with Gasteiger partial charge in [-0.15, -0.1) is 0 Å². The van der Waals surface area contributed by atoms with Crippen LogP contribution < -0.4 is 25.1 Å². The lowest BCUT2D eigenvalue weighted by molar-refractivity contribution is -0.127. The molecule has 1 aromatic heterocycles. The van der Waals surface area contributed by atoms with E-state index < -0.39 is 29.0 Å². The number of carbonyl (C=O) groups is 1. The molecule has 0 saturated carbocycles. The Morgan fingerprint density at radius 1 is 0.986 bits per heavy atom. The normalized spacial score (nSPS) is 23.4. The number of nitrogens with one attached hydrogen (secondary N) is 2. The molecular formula is C56H62N3O8S2-. The standard InChI is InChI=1S/C56H62N3O8S2/c1-5-35-10-11-36-8-6-7-9-40(36)50(35)43-14-13-41(42-15-17-45(61)53(66-4)52(42)43)44(24-33-19-21-58-29-33)47(63)26-49(64)56(38-22-34(28-57-3)23-39(60)25-38)20-18-48-51-37(27-56)12-16-46(62)54(51)67-32-59-30-55(2,65)31-68-69-48/h6-17,19,21-23,25,29,41,43-44,47-48,57,59-63,65H,5,18,20,24,26-28,30-32H2,1-4H3/q-1/t41-,43+,44-,47+,48+,55-,56-/m0/s1. The number of aromatic hydroxyl groups is 3. The number of benzene rings is 5. The van der Waals surface area contributed by atoms with Gasteiger partial charge in [0.2, 0.25) is 0 Å². The predicted molar refractivity (Wildman–Crippen MR) is 275 cm³/mol. The van der Waals surface area contributed by atoms with Crippen LogP contribution in [0.15, 0.2) is 109 Å². The Morgan fingerprint density at radius 2 is 1.81 bits per heavy atom. The van der Waals surface area contributed by atoms with Gasteiger partial charge in [-0.25, -0.2) is 0 Å². The van der Waals surface area contributed by atoms with Crippen molar-refractivity contribution in [2.75, 3.05) is 33.2 Å². The number of rotatable bonds is 13. The van der Waals surface area contributed by atoms with E-state index in [9.17, 15) is 25.5 Å². The third-order valence-corrected chi connectivity index (χ3v) is 17.6. The lowest BCUT2D eigenvalue weighted by Crippen LogP contribution is -2.42. The fraction of sp³-hybridized carbons (Fsp3) is 0.375. The molecule has 5 aromatic carbocycles. The third kappa shape index (κ3) is 9.74. The van der Waals surface area contributed by atoms with Crippen molar-refractivity contribution in [1.82, 2.24) is 15.6 Å². The van der Waals surface area contributed by atoms with Crippen LogP contribution in [-0.2, 0) is 36.0 Å². The molecule has 11 nitrogen and oxygen atoms in total. The molecule has 0 radical (unpaired) electrons. The number of nitrogens with zero attached hydrogens (tertiary/aromatic N) is 1. The Bertz CT molecular complexity index is 2850. The Hall–Kier alpha value is -5.41. The van der Waals surface area contributed by atoms with Crippen molar-refractivity contribution in [2.45, 2.75) is 93.1 Å². The number of ether oxygens (including phenoxy) is 2. The van der Waals surface area contributed by atoms with Crippen molar-refractivity contribution in [3.8, 4) is 28.7 Å². The van der Waals surface area contributed by atoms with Crippen molar-refractivity contribution < 1.29 is 39.8 Å². The minimum absolute atomic E-state index is 0.00992. The van der Waals surface area contributed by atoms with Gasteiger partial charge in [0, 0.05) is 53.5 Å². The quantitative estimate of drug-likeness (QED) is 0.0432. The molecule has 2 aliphatic carbocycles. The zero-order chi connectivity index (χ0) is 48.5. The monoisotopic (exact) mass is 968 g/mol. The lowest BCUT2D eigenvalue weighted by atomic mass is 9.66. The van der Waals surface area contributed by atoms with Crippen molar-refractivity contribution in [3.63, 3.8) is 0 Å². The van der Waals surface area contributed by atoms with E-state index >= 15 is 4.79 Å². The molecule has 6 aromatic rings. The second-order valence-corrected chi connectivity index (χ2v) is 21.8. The molecule has 69 heavy (non-hydrogen) atoms. The molecule has 9 rings (SSSR count). The first-order chi connectivity index (χ1) is 33.3. The van der Waals surface area contributed by atoms with Crippen LogP contribution in [0.1, 0.15) is 100 Å². The maximum absolute atomic E-state index is 15.9. The fourth-order valence-electron chi connectivity index (χ4n) is 11.2. The first-order valence-corrected chi connectivity index (χ1v) is 26.2. The Morgan fingerprint density at radius 3 is 2.59 bits per heavy atom.